The lowest BCUT2D eigenvalue weighted by Crippen LogP contribution is -2.57. The smallest absolute Gasteiger partial charge is 0.243 e. The first-order chi connectivity index (χ1) is 18.8. The summed E-state index contributed by atoms with van der Waals surface area (Å²) in [4.78, 5) is 15.4. The van der Waals surface area contributed by atoms with Crippen LogP contribution in [0.15, 0.2) is 59.5 Å². The summed E-state index contributed by atoms with van der Waals surface area (Å²) >= 11 is 5.96. The van der Waals surface area contributed by atoms with Gasteiger partial charge in [-0.2, -0.15) is 4.31 Å². The van der Waals surface area contributed by atoms with Crippen molar-refractivity contribution in [3.63, 3.8) is 0 Å². The highest BCUT2D eigenvalue weighted by Gasteiger charge is 2.43. The molecular weight excluding hydrogens is 542 g/mol. The molecule has 9 nitrogen and oxygen atoms in total. The van der Waals surface area contributed by atoms with Crippen molar-refractivity contribution in [1.82, 2.24) is 14.5 Å². The predicted molar refractivity (Wildman–Crippen MR) is 147 cm³/mol. The van der Waals surface area contributed by atoms with E-state index < -0.39 is 28.3 Å². The number of sulfonamides is 1. The van der Waals surface area contributed by atoms with Gasteiger partial charge in [-0.15, -0.1) is 0 Å². The van der Waals surface area contributed by atoms with Crippen molar-refractivity contribution >= 4 is 27.5 Å². The van der Waals surface area contributed by atoms with Crippen LogP contribution in [0.25, 0.3) is 0 Å². The van der Waals surface area contributed by atoms with Gasteiger partial charge in [0.1, 0.15) is 0 Å². The Bertz CT molecular complexity index is 1220. The summed E-state index contributed by atoms with van der Waals surface area (Å²) in [5.74, 6) is -0.0576. The Morgan fingerprint density at radius 1 is 1.03 bits per heavy atom. The van der Waals surface area contributed by atoms with E-state index in [1.165, 1.54) is 34.1 Å². The van der Waals surface area contributed by atoms with Gasteiger partial charge in [0.2, 0.25) is 15.9 Å². The van der Waals surface area contributed by atoms with E-state index in [2.05, 4.69) is 22.3 Å². The Morgan fingerprint density at radius 2 is 1.79 bits per heavy atom. The molecule has 2 aromatic carbocycles. The number of fused-ring (bicyclic) bond motifs is 1. The van der Waals surface area contributed by atoms with Gasteiger partial charge in [0.25, 0.3) is 0 Å². The molecule has 2 aromatic rings. The van der Waals surface area contributed by atoms with Crippen molar-refractivity contribution in [3.05, 3.63) is 65.2 Å². The molecule has 5 rings (SSSR count). The summed E-state index contributed by atoms with van der Waals surface area (Å²) < 4.78 is 40.4. The fraction of sp³-hybridized carbons (Fsp3) is 0.536. The molecule has 0 aliphatic carbocycles. The number of nitrogens with zero attached hydrogens (tertiary/aromatic N) is 2. The third kappa shape index (κ3) is 7.18. The van der Waals surface area contributed by atoms with Crippen molar-refractivity contribution in [2.24, 2.45) is 0 Å². The van der Waals surface area contributed by atoms with Crippen molar-refractivity contribution < 1.29 is 27.8 Å². The molecule has 0 bridgehead atoms. The highest BCUT2D eigenvalue weighted by molar-refractivity contribution is 7.89. The van der Waals surface area contributed by atoms with Crippen LogP contribution in [-0.2, 0) is 30.8 Å². The number of halogens is 1. The molecule has 0 aromatic heterocycles. The van der Waals surface area contributed by atoms with E-state index in [1.807, 2.05) is 18.2 Å². The third-order valence-corrected chi connectivity index (χ3v) is 9.81. The number of ether oxygens (including phenoxy) is 2. The first kappa shape index (κ1) is 28.5. The standard InChI is InChI=1S/C28H36ClN3O6S/c29-21-6-9-25(10-7-21)39(35,36)32-17-23(33)18-37-19-27-26(32)11-8-24(38-27)14-28(34)30-22-12-13-31(16-22)15-20-4-2-1-3-5-20/h1-7,9-10,22-24,26-27,33H,8,11-19H2,(H,30,34)/t22-,23-,24+,26+,27-/m0/s1. The maximum Gasteiger partial charge on any atom is 0.243 e. The van der Waals surface area contributed by atoms with Crippen LogP contribution in [0.5, 0.6) is 0 Å². The van der Waals surface area contributed by atoms with Gasteiger partial charge >= 0.3 is 0 Å². The molecule has 0 unspecified atom stereocenters. The normalized spacial score (nSPS) is 28.8. The van der Waals surface area contributed by atoms with Crippen molar-refractivity contribution in [2.45, 2.75) is 67.5 Å². The van der Waals surface area contributed by atoms with Gasteiger partial charge in [0.05, 0.1) is 48.9 Å². The van der Waals surface area contributed by atoms with Crippen molar-refractivity contribution in [2.75, 3.05) is 32.8 Å². The zero-order chi connectivity index (χ0) is 27.4. The average Bonchev–Trinajstić information content (AvgIpc) is 3.33. The number of rotatable bonds is 7. The number of nitrogens with one attached hydrogen (secondary N) is 1. The number of aliphatic hydroxyl groups excluding tert-OH is 1. The molecule has 1 amide bonds. The summed E-state index contributed by atoms with van der Waals surface area (Å²) in [6.45, 7) is 2.66. The predicted octanol–water partition coefficient (Wildman–Crippen LogP) is 2.42. The largest absolute Gasteiger partial charge is 0.389 e. The summed E-state index contributed by atoms with van der Waals surface area (Å²) in [6.07, 6.45) is 0.319. The summed E-state index contributed by atoms with van der Waals surface area (Å²) in [5.41, 5.74) is 1.26. The second-order valence-electron chi connectivity index (χ2n) is 10.6. The fourth-order valence-electron chi connectivity index (χ4n) is 5.74. The molecule has 0 spiro atoms. The minimum Gasteiger partial charge on any atom is -0.389 e. The first-order valence-electron chi connectivity index (χ1n) is 13.5. The highest BCUT2D eigenvalue weighted by atomic mass is 35.5. The van der Waals surface area contributed by atoms with Gasteiger partial charge < -0.3 is 19.9 Å². The third-order valence-electron chi connectivity index (χ3n) is 7.65. The molecule has 3 fully saturated rings. The van der Waals surface area contributed by atoms with Gasteiger partial charge in [-0.25, -0.2) is 8.42 Å². The Balaban J connectivity index is 1.18. The number of carbonyl (C=O) groups excluding carboxylic acids is 1. The number of hydrogen-bond donors (Lipinski definition) is 2. The number of hydrogen-bond acceptors (Lipinski definition) is 7. The SMILES string of the molecule is O=C(C[C@H]1CC[C@@H]2[C@H](COC[C@@H](O)CN2S(=O)(=O)c2ccc(Cl)cc2)O1)N[C@H]1CCN(Cc2ccccc2)C1. The Kier molecular flexibility index (Phi) is 9.23. The first-order valence-corrected chi connectivity index (χ1v) is 15.3. The van der Waals surface area contributed by atoms with E-state index in [9.17, 15) is 18.3 Å². The van der Waals surface area contributed by atoms with Gasteiger partial charge in [-0.05, 0) is 49.1 Å². The quantitative estimate of drug-likeness (QED) is 0.520. The van der Waals surface area contributed by atoms with Crippen LogP contribution in [0.2, 0.25) is 5.02 Å². The second-order valence-corrected chi connectivity index (χ2v) is 13.0. The number of amides is 1. The lowest BCUT2D eigenvalue weighted by molar-refractivity contribution is -0.146. The minimum atomic E-state index is -3.91. The van der Waals surface area contributed by atoms with Crippen LogP contribution < -0.4 is 5.32 Å². The Morgan fingerprint density at radius 3 is 2.56 bits per heavy atom. The second kappa shape index (κ2) is 12.6. The van der Waals surface area contributed by atoms with Gasteiger partial charge in [-0.1, -0.05) is 41.9 Å². The summed E-state index contributed by atoms with van der Waals surface area (Å²) in [5, 5.41) is 14.0. The number of benzene rings is 2. The van der Waals surface area contributed by atoms with E-state index in [0.29, 0.717) is 17.9 Å². The number of carbonyl (C=O) groups is 1. The minimum absolute atomic E-state index is 0.00549. The van der Waals surface area contributed by atoms with Crippen LogP contribution >= 0.6 is 11.6 Å². The van der Waals surface area contributed by atoms with Gasteiger partial charge in [0, 0.05) is 37.2 Å². The van der Waals surface area contributed by atoms with Crippen LogP contribution in [-0.4, -0.2) is 91.9 Å². The zero-order valence-electron chi connectivity index (χ0n) is 21.8. The highest BCUT2D eigenvalue weighted by Crippen LogP contribution is 2.32. The number of likely N-dealkylation sites (tertiary alicyclic amines) is 1. The maximum absolute atomic E-state index is 13.6. The average molecular weight is 578 g/mol. The molecule has 212 valence electrons. The molecule has 0 radical (unpaired) electrons. The fourth-order valence-corrected chi connectivity index (χ4v) is 7.58. The van der Waals surface area contributed by atoms with Crippen molar-refractivity contribution in [1.29, 1.82) is 0 Å². The topological polar surface area (TPSA) is 108 Å². The molecule has 39 heavy (non-hydrogen) atoms. The van der Waals surface area contributed by atoms with Crippen LogP contribution in [0.3, 0.4) is 0 Å². The molecule has 3 aliphatic heterocycles. The van der Waals surface area contributed by atoms with Gasteiger partial charge in [0.15, 0.2) is 0 Å². The van der Waals surface area contributed by atoms with Crippen molar-refractivity contribution in [3.8, 4) is 0 Å². The maximum atomic E-state index is 13.6. The molecule has 0 saturated carbocycles. The lowest BCUT2D eigenvalue weighted by Gasteiger charge is -2.43. The van der Waals surface area contributed by atoms with E-state index in [4.69, 9.17) is 21.1 Å². The Labute approximate surface area is 235 Å². The van der Waals surface area contributed by atoms with E-state index in [0.717, 1.165) is 26.1 Å². The summed E-state index contributed by atoms with van der Waals surface area (Å²) in [6, 6.07) is 15.9. The molecule has 5 atom stereocenters. The molecular formula is C28H36ClN3O6S. The molecule has 2 N–H and O–H groups in total. The molecule has 3 saturated heterocycles. The van der Waals surface area contributed by atoms with Crippen LogP contribution in [0.1, 0.15) is 31.2 Å². The number of aliphatic hydroxyl groups is 1. The van der Waals surface area contributed by atoms with Crippen LogP contribution in [0, 0.1) is 0 Å². The van der Waals surface area contributed by atoms with Gasteiger partial charge in [-0.3, -0.25) is 9.69 Å². The Hall–Kier alpha value is -2.05. The monoisotopic (exact) mass is 577 g/mol. The molecule has 3 aliphatic rings. The number of β-amino-alcohol motifs (C(OH)–C–C–N with tert-alkyl or cyclic N) is 1. The van der Waals surface area contributed by atoms with E-state index in [1.54, 1.807) is 0 Å². The van der Waals surface area contributed by atoms with E-state index >= 15 is 0 Å². The summed E-state index contributed by atoms with van der Waals surface area (Å²) in [7, 11) is -3.91. The van der Waals surface area contributed by atoms with E-state index in [-0.39, 0.29) is 49.1 Å². The lowest BCUT2D eigenvalue weighted by atomic mass is 9.96. The molecule has 11 heteroatoms. The molecule has 3 heterocycles. The zero-order valence-corrected chi connectivity index (χ0v) is 23.4. The van der Waals surface area contributed by atoms with Crippen LogP contribution in [0.4, 0.5) is 0 Å².